The maximum absolute atomic E-state index is 11.7. The number of hydrogen-bond donors (Lipinski definition) is 3. The summed E-state index contributed by atoms with van der Waals surface area (Å²) in [6.07, 6.45) is 1.59. The van der Waals surface area contributed by atoms with Gasteiger partial charge in [-0.3, -0.25) is 0 Å². The van der Waals surface area contributed by atoms with Gasteiger partial charge in [-0.05, 0) is 30.4 Å². The molecule has 1 aromatic carbocycles. The van der Waals surface area contributed by atoms with Gasteiger partial charge in [0.2, 0.25) is 0 Å². The van der Waals surface area contributed by atoms with Crippen molar-refractivity contribution in [3.63, 3.8) is 0 Å². The highest BCUT2D eigenvalue weighted by Crippen LogP contribution is 2.15. The SMILES string of the molecule is CCc1ccccc1NC(=O)NCC(C)CCO. The Morgan fingerprint density at radius 3 is 2.78 bits per heavy atom. The standard InChI is InChI=1S/C14H22N2O2/c1-3-12-6-4-5-7-13(12)16-14(18)15-10-11(2)8-9-17/h4-7,11,17H,3,8-10H2,1-2H3,(H2,15,16,18). The molecule has 0 saturated carbocycles. The van der Waals surface area contributed by atoms with E-state index in [2.05, 4.69) is 17.6 Å². The molecule has 0 aliphatic carbocycles. The van der Waals surface area contributed by atoms with Gasteiger partial charge in [0, 0.05) is 18.8 Å². The van der Waals surface area contributed by atoms with Gasteiger partial charge in [-0.15, -0.1) is 0 Å². The number of amides is 2. The molecule has 0 heterocycles. The van der Waals surface area contributed by atoms with Gasteiger partial charge < -0.3 is 15.7 Å². The van der Waals surface area contributed by atoms with E-state index in [0.29, 0.717) is 13.0 Å². The number of carbonyl (C=O) groups is 1. The highest BCUT2D eigenvalue weighted by Gasteiger charge is 2.07. The van der Waals surface area contributed by atoms with E-state index in [4.69, 9.17) is 5.11 Å². The van der Waals surface area contributed by atoms with Crippen molar-refractivity contribution in [2.45, 2.75) is 26.7 Å². The van der Waals surface area contributed by atoms with Gasteiger partial charge in [-0.2, -0.15) is 0 Å². The highest BCUT2D eigenvalue weighted by molar-refractivity contribution is 5.90. The van der Waals surface area contributed by atoms with Crippen molar-refractivity contribution in [2.75, 3.05) is 18.5 Å². The van der Waals surface area contributed by atoms with Crippen LogP contribution in [0.3, 0.4) is 0 Å². The van der Waals surface area contributed by atoms with Gasteiger partial charge in [0.25, 0.3) is 0 Å². The quantitative estimate of drug-likeness (QED) is 0.726. The normalized spacial score (nSPS) is 11.9. The number of urea groups is 1. The topological polar surface area (TPSA) is 61.4 Å². The summed E-state index contributed by atoms with van der Waals surface area (Å²) in [6, 6.07) is 7.58. The monoisotopic (exact) mass is 250 g/mol. The maximum Gasteiger partial charge on any atom is 0.319 e. The number of rotatable bonds is 6. The summed E-state index contributed by atoms with van der Waals surface area (Å²) in [7, 11) is 0. The molecular weight excluding hydrogens is 228 g/mol. The Labute approximate surface area is 108 Å². The minimum absolute atomic E-state index is 0.156. The van der Waals surface area contributed by atoms with Gasteiger partial charge in [0.1, 0.15) is 0 Å². The molecule has 0 spiro atoms. The van der Waals surface area contributed by atoms with Crippen LogP contribution in [0.1, 0.15) is 25.8 Å². The van der Waals surface area contributed by atoms with E-state index in [9.17, 15) is 4.79 Å². The smallest absolute Gasteiger partial charge is 0.319 e. The summed E-state index contributed by atoms with van der Waals surface area (Å²) in [5.74, 6) is 0.280. The molecule has 1 aromatic rings. The van der Waals surface area contributed by atoms with E-state index in [0.717, 1.165) is 17.7 Å². The van der Waals surface area contributed by atoms with E-state index in [1.54, 1.807) is 0 Å². The fourth-order valence-electron chi connectivity index (χ4n) is 1.71. The van der Waals surface area contributed by atoms with Gasteiger partial charge in [0.15, 0.2) is 0 Å². The number of aryl methyl sites for hydroxylation is 1. The number of carbonyl (C=O) groups excluding carboxylic acids is 1. The molecule has 0 aliphatic heterocycles. The van der Waals surface area contributed by atoms with E-state index < -0.39 is 0 Å². The number of hydrogen-bond acceptors (Lipinski definition) is 2. The predicted molar refractivity (Wildman–Crippen MR) is 73.7 cm³/mol. The number of benzene rings is 1. The lowest BCUT2D eigenvalue weighted by atomic mass is 10.1. The molecule has 18 heavy (non-hydrogen) atoms. The van der Waals surface area contributed by atoms with Gasteiger partial charge in [0.05, 0.1) is 0 Å². The summed E-state index contributed by atoms with van der Waals surface area (Å²) in [4.78, 5) is 11.7. The first-order valence-electron chi connectivity index (χ1n) is 6.41. The van der Waals surface area contributed by atoms with Gasteiger partial charge in [-0.25, -0.2) is 4.79 Å². The second-order valence-corrected chi connectivity index (χ2v) is 4.46. The number of para-hydroxylation sites is 1. The summed E-state index contributed by atoms with van der Waals surface area (Å²) in [5.41, 5.74) is 1.98. The summed E-state index contributed by atoms with van der Waals surface area (Å²) in [6.45, 7) is 4.78. The molecule has 4 heteroatoms. The van der Waals surface area contributed by atoms with Crippen molar-refractivity contribution in [3.05, 3.63) is 29.8 Å². The first-order chi connectivity index (χ1) is 8.67. The van der Waals surface area contributed by atoms with Crippen LogP contribution in [0.15, 0.2) is 24.3 Å². The third-order valence-corrected chi connectivity index (χ3v) is 2.88. The first kappa shape index (κ1) is 14.5. The first-order valence-corrected chi connectivity index (χ1v) is 6.41. The van der Waals surface area contributed by atoms with Crippen LogP contribution < -0.4 is 10.6 Å². The van der Waals surface area contributed by atoms with E-state index in [-0.39, 0.29) is 18.6 Å². The van der Waals surface area contributed by atoms with Crippen LogP contribution in [0.25, 0.3) is 0 Å². The second-order valence-electron chi connectivity index (χ2n) is 4.46. The number of aliphatic hydroxyl groups is 1. The van der Waals surface area contributed by atoms with E-state index in [1.807, 2.05) is 31.2 Å². The molecule has 1 atom stereocenters. The average molecular weight is 250 g/mol. The van der Waals surface area contributed by atoms with Crippen LogP contribution in [0.2, 0.25) is 0 Å². The molecular formula is C14H22N2O2. The Balaban J connectivity index is 2.44. The van der Waals surface area contributed by atoms with Crippen molar-refractivity contribution in [3.8, 4) is 0 Å². The van der Waals surface area contributed by atoms with Crippen molar-refractivity contribution in [1.29, 1.82) is 0 Å². The third-order valence-electron chi connectivity index (χ3n) is 2.88. The van der Waals surface area contributed by atoms with Gasteiger partial charge in [-0.1, -0.05) is 32.0 Å². The molecule has 0 saturated heterocycles. The van der Waals surface area contributed by atoms with E-state index in [1.165, 1.54) is 0 Å². The highest BCUT2D eigenvalue weighted by atomic mass is 16.3. The van der Waals surface area contributed by atoms with Crippen molar-refractivity contribution in [2.24, 2.45) is 5.92 Å². The molecule has 0 aromatic heterocycles. The lowest BCUT2D eigenvalue weighted by Crippen LogP contribution is -2.32. The Kier molecular flexibility index (Phi) is 6.22. The largest absolute Gasteiger partial charge is 0.396 e. The molecule has 3 N–H and O–H groups in total. The van der Waals surface area contributed by atoms with Crippen molar-refractivity contribution in [1.82, 2.24) is 5.32 Å². The second kappa shape index (κ2) is 7.71. The number of aliphatic hydroxyl groups excluding tert-OH is 1. The minimum atomic E-state index is -0.194. The van der Waals surface area contributed by atoms with Crippen LogP contribution in [0.5, 0.6) is 0 Å². The van der Waals surface area contributed by atoms with E-state index >= 15 is 0 Å². The lowest BCUT2D eigenvalue weighted by Gasteiger charge is -2.13. The zero-order chi connectivity index (χ0) is 13.4. The Morgan fingerprint density at radius 1 is 1.39 bits per heavy atom. The fourth-order valence-corrected chi connectivity index (χ4v) is 1.71. The van der Waals surface area contributed by atoms with Crippen LogP contribution >= 0.6 is 0 Å². The Morgan fingerprint density at radius 2 is 2.11 bits per heavy atom. The predicted octanol–water partition coefficient (Wildman–Crippen LogP) is 2.39. The zero-order valence-electron chi connectivity index (χ0n) is 11.1. The molecule has 0 bridgehead atoms. The molecule has 2 amide bonds. The van der Waals surface area contributed by atoms with Crippen LogP contribution in [-0.4, -0.2) is 24.3 Å². The maximum atomic E-state index is 11.7. The number of nitrogens with one attached hydrogen (secondary N) is 2. The zero-order valence-corrected chi connectivity index (χ0v) is 11.1. The van der Waals surface area contributed by atoms with Crippen LogP contribution in [0.4, 0.5) is 10.5 Å². The fraction of sp³-hybridized carbons (Fsp3) is 0.500. The molecule has 1 unspecified atom stereocenters. The molecule has 100 valence electrons. The molecule has 4 nitrogen and oxygen atoms in total. The lowest BCUT2D eigenvalue weighted by molar-refractivity contribution is 0.243. The Hall–Kier alpha value is -1.55. The van der Waals surface area contributed by atoms with Crippen molar-refractivity contribution < 1.29 is 9.90 Å². The molecule has 0 radical (unpaired) electrons. The number of anilines is 1. The minimum Gasteiger partial charge on any atom is -0.396 e. The third kappa shape index (κ3) is 4.75. The van der Waals surface area contributed by atoms with Crippen molar-refractivity contribution >= 4 is 11.7 Å². The summed E-state index contributed by atoms with van der Waals surface area (Å²) in [5, 5.41) is 14.4. The molecule has 0 aliphatic rings. The Bertz CT molecular complexity index is 380. The van der Waals surface area contributed by atoms with Crippen LogP contribution in [0, 0.1) is 5.92 Å². The average Bonchev–Trinajstić information content (AvgIpc) is 2.37. The van der Waals surface area contributed by atoms with Gasteiger partial charge >= 0.3 is 6.03 Å². The summed E-state index contributed by atoms with van der Waals surface area (Å²) < 4.78 is 0. The summed E-state index contributed by atoms with van der Waals surface area (Å²) >= 11 is 0. The van der Waals surface area contributed by atoms with Crippen LogP contribution in [-0.2, 0) is 6.42 Å². The molecule has 0 fully saturated rings. The molecule has 1 rings (SSSR count).